The first-order chi connectivity index (χ1) is 13.7. The average molecular weight is 407 g/mol. The Balaban J connectivity index is 1.73. The van der Waals surface area contributed by atoms with Crippen molar-refractivity contribution in [3.63, 3.8) is 0 Å². The van der Waals surface area contributed by atoms with Crippen molar-refractivity contribution in [3.8, 4) is 11.1 Å². The third-order valence-corrected chi connectivity index (χ3v) is 5.45. The number of aromatic amines is 1. The zero-order valence-corrected chi connectivity index (χ0v) is 17.4. The summed E-state index contributed by atoms with van der Waals surface area (Å²) in [6.45, 7) is 7.93. The molecular formula is C21H21N5O2S. The maximum Gasteiger partial charge on any atom is 0.272 e. The molecule has 148 valence electrons. The highest BCUT2D eigenvalue weighted by molar-refractivity contribution is 7.13. The fraction of sp³-hybridized carbons (Fsp3) is 0.238. The number of carbonyl (C=O) groups excluding carboxylic acids is 1. The summed E-state index contributed by atoms with van der Waals surface area (Å²) in [6.07, 6.45) is 3.33. The number of benzene rings is 1. The van der Waals surface area contributed by atoms with Crippen LogP contribution in [0.3, 0.4) is 0 Å². The molecule has 0 aliphatic carbocycles. The van der Waals surface area contributed by atoms with Gasteiger partial charge in [-0.05, 0) is 24.6 Å². The fourth-order valence-corrected chi connectivity index (χ4v) is 3.67. The number of H-pyrrole nitrogens is 1. The predicted octanol–water partition coefficient (Wildman–Crippen LogP) is 4.00. The summed E-state index contributed by atoms with van der Waals surface area (Å²) in [4.78, 5) is 34.3. The number of amides is 1. The molecule has 3 aromatic heterocycles. The van der Waals surface area contributed by atoms with Crippen LogP contribution in [0.25, 0.3) is 16.8 Å². The molecule has 0 atom stereocenters. The van der Waals surface area contributed by atoms with Crippen molar-refractivity contribution in [1.82, 2.24) is 19.6 Å². The standard InChI is InChI=1S/C21H21N5O2S/c1-12-22-11-16(29-12)20(28)24-14-7-5-6-13(8-14)15-10-23-26-18(27)9-17(21(2,3)4)25-19(15)26/h5-11,23H,1-4H3,(H,24,28). The molecule has 0 fully saturated rings. The number of carbonyl (C=O) groups is 1. The van der Waals surface area contributed by atoms with Crippen molar-refractivity contribution in [1.29, 1.82) is 0 Å². The Morgan fingerprint density at radius 2 is 2.03 bits per heavy atom. The third kappa shape index (κ3) is 3.71. The number of aryl methyl sites for hydroxylation is 1. The van der Waals surface area contributed by atoms with E-state index in [0.29, 0.717) is 16.2 Å². The lowest BCUT2D eigenvalue weighted by molar-refractivity contribution is 0.103. The SMILES string of the molecule is Cc1ncc(C(=O)Nc2cccc(-c3c[nH]n4c(=O)cc(C(C)(C)C)nc34)c2)s1. The molecule has 2 N–H and O–H groups in total. The fourth-order valence-electron chi connectivity index (χ4n) is 3.00. The van der Waals surface area contributed by atoms with Crippen LogP contribution in [0.1, 0.15) is 41.1 Å². The van der Waals surface area contributed by atoms with Gasteiger partial charge in [0, 0.05) is 28.9 Å². The van der Waals surface area contributed by atoms with Crippen LogP contribution in [0.15, 0.2) is 47.5 Å². The van der Waals surface area contributed by atoms with E-state index in [1.165, 1.54) is 15.9 Å². The van der Waals surface area contributed by atoms with Crippen LogP contribution in [-0.2, 0) is 5.41 Å². The Labute approximate surface area is 171 Å². The molecule has 0 spiro atoms. The Bertz CT molecular complexity index is 1280. The van der Waals surface area contributed by atoms with Crippen LogP contribution in [0, 0.1) is 6.92 Å². The zero-order valence-electron chi connectivity index (χ0n) is 16.6. The number of fused-ring (bicyclic) bond motifs is 1. The average Bonchev–Trinajstić information content (AvgIpc) is 3.28. The number of hydrogen-bond donors (Lipinski definition) is 2. The minimum Gasteiger partial charge on any atom is -0.321 e. The second-order valence-electron chi connectivity index (χ2n) is 7.85. The summed E-state index contributed by atoms with van der Waals surface area (Å²) >= 11 is 1.35. The molecular weight excluding hydrogens is 386 g/mol. The summed E-state index contributed by atoms with van der Waals surface area (Å²) in [5.74, 6) is -0.198. The lowest BCUT2D eigenvalue weighted by Crippen LogP contribution is -2.22. The van der Waals surface area contributed by atoms with Gasteiger partial charge in [-0.1, -0.05) is 32.9 Å². The van der Waals surface area contributed by atoms with Crippen molar-refractivity contribution in [2.75, 3.05) is 5.32 Å². The molecule has 0 saturated heterocycles. The maximum absolute atomic E-state index is 12.5. The van der Waals surface area contributed by atoms with E-state index < -0.39 is 0 Å². The number of rotatable bonds is 3. The summed E-state index contributed by atoms with van der Waals surface area (Å²) in [5, 5.41) is 6.71. The van der Waals surface area contributed by atoms with Gasteiger partial charge in [-0.3, -0.25) is 14.7 Å². The van der Waals surface area contributed by atoms with E-state index in [0.717, 1.165) is 21.8 Å². The number of hydrogen-bond acceptors (Lipinski definition) is 5. The van der Waals surface area contributed by atoms with E-state index in [9.17, 15) is 9.59 Å². The molecule has 4 rings (SSSR count). The Morgan fingerprint density at radius 3 is 2.72 bits per heavy atom. The lowest BCUT2D eigenvalue weighted by atomic mass is 9.92. The van der Waals surface area contributed by atoms with Crippen LogP contribution in [0.5, 0.6) is 0 Å². The van der Waals surface area contributed by atoms with E-state index in [1.807, 2.05) is 52.0 Å². The van der Waals surface area contributed by atoms with Crippen LogP contribution in [0.2, 0.25) is 0 Å². The molecule has 3 heterocycles. The molecule has 0 saturated carbocycles. The largest absolute Gasteiger partial charge is 0.321 e. The van der Waals surface area contributed by atoms with Crippen molar-refractivity contribution >= 4 is 28.6 Å². The normalized spacial score (nSPS) is 11.7. The van der Waals surface area contributed by atoms with Gasteiger partial charge in [-0.2, -0.15) is 0 Å². The predicted molar refractivity (Wildman–Crippen MR) is 115 cm³/mol. The molecule has 0 aliphatic heterocycles. The Morgan fingerprint density at radius 1 is 1.24 bits per heavy atom. The highest BCUT2D eigenvalue weighted by Gasteiger charge is 2.19. The molecule has 0 bridgehead atoms. The van der Waals surface area contributed by atoms with Gasteiger partial charge >= 0.3 is 0 Å². The van der Waals surface area contributed by atoms with E-state index in [1.54, 1.807) is 18.5 Å². The second kappa shape index (κ2) is 6.97. The molecule has 0 radical (unpaired) electrons. The third-order valence-electron chi connectivity index (χ3n) is 4.54. The summed E-state index contributed by atoms with van der Waals surface area (Å²) < 4.78 is 1.43. The van der Waals surface area contributed by atoms with Gasteiger partial charge < -0.3 is 5.32 Å². The Hall–Kier alpha value is -3.26. The highest BCUT2D eigenvalue weighted by atomic mass is 32.1. The van der Waals surface area contributed by atoms with E-state index in [-0.39, 0.29) is 16.9 Å². The number of anilines is 1. The van der Waals surface area contributed by atoms with Crippen molar-refractivity contribution in [2.45, 2.75) is 33.1 Å². The molecule has 8 heteroatoms. The van der Waals surface area contributed by atoms with Gasteiger partial charge in [0.2, 0.25) is 0 Å². The van der Waals surface area contributed by atoms with Crippen molar-refractivity contribution < 1.29 is 4.79 Å². The van der Waals surface area contributed by atoms with Crippen LogP contribution in [-0.4, -0.2) is 25.5 Å². The molecule has 0 aliphatic rings. The Kier molecular flexibility index (Phi) is 4.58. The van der Waals surface area contributed by atoms with Gasteiger partial charge in [0.05, 0.1) is 16.9 Å². The molecule has 4 aromatic rings. The highest BCUT2D eigenvalue weighted by Crippen LogP contribution is 2.27. The van der Waals surface area contributed by atoms with Crippen LogP contribution >= 0.6 is 11.3 Å². The molecule has 29 heavy (non-hydrogen) atoms. The summed E-state index contributed by atoms with van der Waals surface area (Å²) in [5.41, 5.74) is 3.18. The first-order valence-corrected chi connectivity index (χ1v) is 10.00. The molecule has 7 nitrogen and oxygen atoms in total. The molecule has 1 amide bonds. The maximum atomic E-state index is 12.5. The van der Waals surface area contributed by atoms with Crippen molar-refractivity contribution in [3.05, 3.63) is 68.7 Å². The van der Waals surface area contributed by atoms with E-state index in [2.05, 4.69) is 15.4 Å². The molecule has 0 unspecified atom stereocenters. The van der Waals surface area contributed by atoms with Gasteiger partial charge in [0.15, 0.2) is 5.65 Å². The number of nitrogens with zero attached hydrogens (tertiary/aromatic N) is 3. The zero-order chi connectivity index (χ0) is 20.8. The number of aromatic nitrogens is 4. The lowest BCUT2D eigenvalue weighted by Gasteiger charge is -2.17. The van der Waals surface area contributed by atoms with E-state index in [4.69, 9.17) is 4.98 Å². The van der Waals surface area contributed by atoms with Crippen molar-refractivity contribution in [2.24, 2.45) is 0 Å². The van der Waals surface area contributed by atoms with Crippen LogP contribution < -0.4 is 10.9 Å². The first kappa shape index (κ1) is 19.1. The van der Waals surface area contributed by atoms with Gasteiger partial charge in [0.25, 0.3) is 11.5 Å². The van der Waals surface area contributed by atoms with Gasteiger partial charge in [-0.15, -0.1) is 11.3 Å². The van der Waals surface area contributed by atoms with Gasteiger partial charge in [-0.25, -0.2) is 14.5 Å². The second-order valence-corrected chi connectivity index (χ2v) is 9.09. The number of thiazole rings is 1. The minimum atomic E-state index is -0.245. The van der Waals surface area contributed by atoms with Gasteiger partial charge in [0.1, 0.15) is 4.88 Å². The molecule has 1 aromatic carbocycles. The topological polar surface area (TPSA) is 92.1 Å². The monoisotopic (exact) mass is 407 g/mol. The smallest absolute Gasteiger partial charge is 0.272 e. The minimum absolute atomic E-state index is 0.156. The summed E-state index contributed by atoms with van der Waals surface area (Å²) in [7, 11) is 0. The van der Waals surface area contributed by atoms with Crippen LogP contribution in [0.4, 0.5) is 5.69 Å². The quantitative estimate of drug-likeness (QED) is 0.537. The number of nitrogens with one attached hydrogen (secondary N) is 2. The summed E-state index contributed by atoms with van der Waals surface area (Å²) in [6, 6.07) is 9.03. The first-order valence-electron chi connectivity index (χ1n) is 9.18. The van der Waals surface area contributed by atoms with E-state index >= 15 is 0 Å².